The van der Waals surface area contributed by atoms with Crippen LogP contribution in [0.2, 0.25) is 0 Å². The molecule has 0 aromatic rings. The van der Waals surface area contributed by atoms with Crippen molar-refractivity contribution < 1.29 is 47.8 Å². The number of ether oxygens (including phenoxy) is 2. The van der Waals surface area contributed by atoms with Crippen LogP contribution in [-0.2, 0) is 32.7 Å². The summed E-state index contributed by atoms with van der Waals surface area (Å²) in [5.74, 6) is -0.975. The second-order valence-electron chi connectivity index (χ2n) is 11.9. The van der Waals surface area contributed by atoms with Crippen molar-refractivity contribution in [2.45, 2.75) is 154 Å². The highest BCUT2D eigenvalue weighted by Gasteiger charge is 2.27. The van der Waals surface area contributed by atoms with Gasteiger partial charge in [0.15, 0.2) is 6.10 Å². The number of aliphatic hydroxyl groups excluding tert-OH is 2. The number of hydrogen-bond donors (Lipinski definition) is 3. The smallest absolute Gasteiger partial charge is 0.462 e. The van der Waals surface area contributed by atoms with Gasteiger partial charge >= 0.3 is 19.8 Å². The van der Waals surface area contributed by atoms with E-state index in [1.54, 1.807) is 0 Å². The van der Waals surface area contributed by atoms with Gasteiger partial charge in [-0.3, -0.25) is 18.6 Å². The molecule has 274 valence electrons. The molecule has 3 N–H and O–H groups in total. The number of aliphatic hydroxyl groups is 2. The summed E-state index contributed by atoms with van der Waals surface area (Å²) < 4.78 is 32.4. The largest absolute Gasteiger partial charge is 0.472 e. The van der Waals surface area contributed by atoms with Gasteiger partial charge in [-0.25, -0.2) is 4.57 Å². The number of carbonyl (C=O) groups is 2. The minimum Gasteiger partial charge on any atom is -0.462 e. The van der Waals surface area contributed by atoms with Gasteiger partial charge in [0.05, 0.1) is 19.8 Å². The van der Waals surface area contributed by atoms with Crippen LogP contribution in [0.1, 0.15) is 142 Å². The zero-order valence-electron chi connectivity index (χ0n) is 29.2. The van der Waals surface area contributed by atoms with Crippen LogP contribution in [0.5, 0.6) is 0 Å². The molecule has 0 saturated heterocycles. The van der Waals surface area contributed by atoms with E-state index in [4.69, 9.17) is 19.1 Å². The lowest BCUT2D eigenvalue weighted by atomic mass is 10.1. The summed E-state index contributed by atoms with van der Waals surface area (Å²) in [5, 5.41) is 18.2. The standard InChI is InChI=1S/C36H65O10P/c1-3-5-7-9-11-13-14-15-16-17-18-20-21-23-25-27-35(39)43-31-34(32-45-47(41,42)44-30-33(38)29-37)46-36(40)28-26-24-22-19-12-10-8-6-4-2/h11,13,15-16,18,20,33-34,37-38H,3-10,12,14,17,19,21-32H2,1-2H3,(H,41,42)/b13-11-,16-15-,20-18-/t33-,34+/m0/s1. The van der Waals surface area contributed by atoms with Gasteiger partial charge in [0.25, 0.3) is 0 Å². The Bertz CT molecular complexity index is 889. The van der Waals surface area contributed by atoms with Crippen molar-refractivity contribution in [2.75, 3.05) is 26.4 Å². The number of phosphoric acid groups is 1. The Labute approximate surface area is 284 Å². The van der Waals surface area contributed by atoms with Crippen molar-refractivity contribution in [3.63, 3.8) is 0 Å². The Hall–Kier alpha value is -1.81. The van der Waals surface area contributed by atoms with Crippen molar-refractivity contribution in [2.24, 2.45) is 0 Å². The Morgan fingerprint density at radius 1 is 0.638 bits per heavy atom. The molecule has 0 radical (unpaired) electrons. The molecule has 3 atom stereocenters. The predicted octanol–water partition coefficient (Wildman–Crippen LogP) is 8.44. The molecule has 0 aliphatic carbocycles. The molecule has 0 bridgehead atoms. The molecule has 10 nitrogen and oxygen atoms in total. The van der Waals surface area contributed by atoms with Crippen molar-refractivity contribution >= 4 is 19.8 Å². The lowest BCUT2D eigenvalue weighted by Crippen LogP contribution is -2.29. The Balaban J connectivity index is 4.45. The van der Waals surface area contributed by atoms with Crippen molar-refractivity contribution in [3.8, 4) is 0 Å². The molecule has 47 heavy (non-hydrogen) atoms. The van der Waals surface area contributed by atoms with E-state index in [1.165, 1.54) is 51.4 Å². The van der Waals surface area contributed by atoms with E-state index in [-0.39, 0.29) is 19.4 Å². The summed E-state index contributed by atoms with van der Waals surface area (Å²) in [6.45, 7) is 2.25. The van der Waals surface area contributed by atoms with Gasteiger partial charge in [-0.1, -0.05) is 115 Å². The Morgan fingerprint density at radius 2 is 1.11 bits per heavy atom. The summed E-state index contributed by atoms with van der Waals surface area (Å²) >= 11 is 0. The van der Waals surface area contributed by atoms with Crippen LogP contribution in [-0.4, -0.2) is 65.7 Å². The molecule has 11 heteroatoms. The van der Waals surface area contributed by atoms with E-state index < -0.39 is 51.8 Å². The van der Waals surface area contributed by atoms with Crippen molar-refractivity contribution in [1.82, 2.24) is 0 Å². The summed E-state index contributed by atoms with van der Waals surface area (Å²) in [4.78, 5) is 34.6. The molecule has 0 saturated carbocycles. The Morgan fingerprint density at radius 3 is 1.70 bits per heavy atom. The van der Waals surface area contributed by atoms with E-state index >= 15 is 0 Å². The number of hydrogen-bond acceptors (Lipinski definition) is 9. The monoisotopic (exact) mass is 688 g/mol. The van der Waals surface area contributed by atoms with Crippen LogP contribution in [0.15, 0.2) is 36.5 Å². The molecule has 0 aliphatic heterocycles. The van der Waals surface area contributed by atoms with Gasteiger partial charge in [-0.15, -0.1) is 0 Å². The fraction of sp³-hybridized carbons (Fsp3) is 0.778. The van der Waals surface area contributed by atoms with Gasteiger partial charge in [-0.05, 0) is 51.4 Å². The predicted molar refractivity (Wildman–Crippen MR) is 187 cm³/mol. The molecule has 0 spiro atoms. The summed E-state index contributed by atoms with van der Waals surface area (Å²) in [7, 11) is -4.61. The maximum atomic E-state index is 12.5. The molecule has 1 unspecified atom stereocenters. The number of allylic oxidation sites excluding steroid dienone is 6. The average Bonchev–Trinajstić information content (AvgIpc) is 3.05. The minimum absolute atomic E-state index is 0.176. The van der Waals surface area contributed by atoms with Crippen LogP contribution in [0.25, 0.3) is 0 Å². The summed E-state index contributed by atoms with van der Waals surface area (Å²) in [6.07, 6.45) is 29.9. The maximum absolute atomic E-state index is 12.5. The molecule has 0 heterocycles. The van der Waals surface area contributed by atoms with E-state index in [9.17, 15) is 24.2 Å². The van der Waals surface area contributed by atoms with E-state index in [0.29, 0.717) is 12.8 Å². The second-order valence-corrected chi connectivity index (χ2v) is 13.4. The van der Waals surface area contributed by atoms with Gasteiger partial charge in [0.2, 0.25) is 0 Å². The van der Waals surface area contributed by atoms with Crippen LogP contribution < -0.4 is 0 Å². The molecular weight excluding hydrogens is 623 g/mol. The lowest BCUT2D eigenvalue weighted by molar-refractivity contribution is -0.161. The van der Waals surface area contributed by atoms with Crippen LogP contribution in [0.4, 0.5) is 0 Å². The van der Waals surface area contributed by atoms with E-state index in [1.807, 2.05) is 0 Å². The van der Waals surface area contributed by atoms with Crippen molar-refractivity contribution in [3.05, 3.63) is 36.5 Å². The van der Waals surface area contributed by atoms with Gasteiger partial charge < -0.3 is 24.6 Å². The summed E-state index contributed by atoms with van der Waals surface area (Å²) in [5.41, 5.74) is 0. The van der Waals surface area contributed by atoms with Crippen LogP contribution >= 0.6 is 7.82 Å². The first-order chi connectivity index (χ1) is 22.7. The van der Waals surface area contributed by atoms with Gasteiger partial charge in [0, 0.05) is 12.8 Å². The normalized spacial score (nSPS) is 14.6. The summed E-state index contributed by atoms with van der Waals surface area (Å²) in [6, 6.07) is 0. The minimum atomic E-state index is -4.61. The highest BCUT2D eigenvalue weighted by Crippen LogP contribution is 2.43. The van der Waals surface area contributed by atoms with E-state index in [2.05, 4.69) is 54.8 Å². The third kappa shape index (κ3) is 32.5. The average molecular weight is 689 g/mol. The van der Waals surface area contributed by atoms with Crippen LogP contribution in [0, 0.1) is 0 Å². The first-order valence-corrected chi connectivity index (χ1v) is 19.4. The SMILES string of the molecule is CCCCC/C=C\C/C=C\C/C=C\CCCCC(=O)OC[C@H](COP(=O)(O)OC[C@@H](O)CO)OC(=O)CCCCCCCCCCC. The van der Waals surface area contributed by atoms with Crippen molar-refractivity contribution in [1.29, 1.82) is 0 Å². The van der Waals surface area contributed by atoms with Crippen LogP contribution in [0.3, 0.4) is 0 Å². The third-order valence-corrected chi connectivity index (χ3v) is 8.25. The maximum Gasteiger partial charge on any atom is 0.472 e. The number of unbranched alkanes of at least 4 members (excludes halogenated alkanes) is 13. The Kier molecular flexibility index (Phi) is 31.5. The first-order valence-electron chi connectivity index (χ1n) is 17.9. The first kappa shape index (κ1) is 45.2. The number of phosphoric ester groups is 1. The molecule has 0 aliphatic rings. The number of esters is 2. The molecule has 0 aromatic carbocycles. The fourth-order valence-corrected chi connectivity index (χ4v) is 5.26. The highest BCUT2D eigenvalue weighted by molar-refractivity contribution is 7.47. The number of carbonyl (C=O) groups excluding carboxylic acids is 2. The molecule has 0 fully saturated rings. The quantitative estimate of drug-likeness (QED) is 0.0265. The van der Waals surface area contributed by atoms with Gasteiger partial charge in [0.1, 0.15) is 12.7 Å². The topological polar surface area (TPSA) is 149 Å². The lowest BCUT2D eigenvalue weighted by Gasteiger charge is -2.20. The third-order valence-electron chi connectivity index (χ3n) is 7.30. The molecule has 0 rings (SSSR count). The number of rotatable bonds is 33. The van der Waals surface area contributed by atoms with Gasteiger partial charge in [-0.2, -0.15) is 0 Å². The highest BCUT2D eigenvalue weighted by atomic mass is 31.2. The zero-order chi connectivity index (χ0) is 34.9. The molecule has 0 aromatic heterocycles. The zero-order valence-corrected chi connectivity index (χ0v) is 30.1. The van der Waals surface area contributed by atoms with E-state index in [0.717, 1.165) is 51.4 Å². The second kappa shape index (κ2) is 32.7. The molecular formula is C36H65O10P. The molecule has 0 amide bonds. The fourth-order valence-electron chi connectivity index (χ4n) is 4.47.